The highest BCUT2D eigenvalue weighted by molar-refractivity contribution is 5.96. The summed E-state index contributed by atoms with van der Waals surface area (Å²) >= 11 is 0. The zero-order chi connectivity index (χ0) is 11.5. The second kappa shape index (κ2) is 4.56. The summed E-state index contributed by atoms with van der Waals surface area (Å²) in [4.78, 5) is 11.7. The van der Waals surface area contributed by atoms with E-state index in [2.05, 4.69) is 5.32 Å². The number of hydrogen-bond donors (Lipinski definition) is 2. The van der Waals surface area contributed by atoms with Gasteiger partial charge in [-0.15, -0.1) is 0 Å². The van der Waals surface area contributed by atoms with Crippen molar-refractivity contribution >= 4 is 5.91 Å². The van der Waals surface area contributed by atoms with Crippen LogP contribution in [0.3, 0.4) is 0 Å². The Morgan fingerprint density at radius 1 is 1.50 bits per heavy atom. The molecule has 0 unspecified atom stereocenters. The van der Waals surface area contributed by atoms with Crippen molar-refractivity contribution < 1.29 is 9.90 Å². The van der Waals surface area contributed by atoms with Gasteiger partial charge in [0.05, 0.1) is 5.56 Å². The van der Waals surface area contributed by atoms with Crippen molar-refractivity contribution in [2.24, 2.45) is 5.92 Å². The first kappa shape index (κ1) is 11.0. The fourth-order valence-electron chi connectivity index (χ4n) is 1.72. The summed E-state index contributed by atoms with van der Waals surface area (Å²) in [5.74, 6) is 0.683. The lowest BCUT2D eigenvalue weighted by molar-refractivity contribution is 0.0950. The van der Waals surface area contributed by atoms with Crippen LogP contribution in [0.1, 0.15) is 35.2 Å². The standard InChI is InChI=1S/C13H17NO2/c1-9-2-5-12(15)11(8-9)13(16)14-7-6-10-3-4-10/h2,5,8,10,15H,3-4,6-7H2,1H3,(H,14,16). The quantitative estimate of drug-likeness (QED) is 0.815. The predicted molar refractivity (Wildman–Crippen MR) is 62.5 cm³/mol. The highest BCUT2D eigenvalue weighted by Gasteiger charge is 2.21. The minimum absolute atomic E-state index is 0.0505. The number of phenols is 1. The number of phenolic OH excluding ortho intramolecular Hbond substituents is 1. The molecule has 0 saturated heterocycles. The van der Waals surface area contributed by atoms with E-state index in [1.807, 2.05) is 6.92 Å². The highest BCUT2D eigenvalue weighted by atomic mass is 16.3. The Morgan fingerprint density at radius 2 is 2.25 bits per heavy atom. The van der Waals surface area contributed by atoms with E-state index < -0.39 is 0 Å². The summed E-state index contributed by atoms with van der Waals surface area (Å²) in [5.41, 5.74) is 1.35. The van der Waals surface area contributed by atoms with Crippen LogP contribution in [0.15, 0.2) is 18.2 Å². The third-order valence-corrected chi connectivity index (χ3v) is 2.93. The molecule has 0 radical (unpaired) electrons. The minimum Gasteiger partial charge on any atom is -0.507 e. The van der Waals surface area contributed by atoms with E-state index in [0.717, 1.165) is 17.9 Å². The molecule has 3 nitrogen and oxygen atoms in total. The van der Waals surface area contributed by atoms with Crippen molar-refractivity contribution in [3.63, 3.8) is 0 Å². The van der Waals surface area contributed by atoms with Crippen LogP contribution >= 0.6 is 0 Å². The molecule has 16 heavy (non-hydrogen) atoms. The summed E-state index contributed by atoms with van der Waals surface area (Å²) in [6.45, 7) is 2.61. The average Bonchev–Trinajstić information content (AvgIpc) is 3.05. The Labute approximate surface area is 95.5 Å². The van der Waals surface area contributed by atoms with Crippen molar-refractivity contribution in [3.05, 3.63) is 29.3 Å². The summed E-state index contributed by atoms with van der Waals surface area (Å²) in [6, 6.07) is 5.06. The second-order valence-electron chi connectivity index (χ2n) is 4.51. The molecule has 0 bridgehead atoms. The van der Waals surface area contributed by atoms with Crippen molar-refractivity contribution in [1.82, 2.24) is 5.32 Å². The normalized spacial score (nSPS) is 14.8. The van der Waals surface area contributed by atoms with Gasteiger partial charge >= 0.3 is 0 Å². The Hall–Kier alpha value is -1.51. The molecule has 2 rings (SSSR count). The van der Waals surface area contributed by atoms with Crippen molar-refractivity contribution in [2.75, 3.05) is 6.54 Å². The fraction of sp³-hybridized carbons (Fsp3) is 0.462. The lowest BCUT2D eigenvalue weighted by Gasteiger charge is -2.07. The van der Waals surface area contributed by atoms with Crippen LogP contribution in [0.5, 0.6) is 5.75 Å². The molecule has 0 spiro atoms. The number of aromatic hydroxyl groups is 1. The first-order chi connectivity index (χ1) is 7.66. The molecule has 1 aliphatic carbocycles. The molecule has 1 aromatic carbocycles. The van der Waals surface area contributed by atoms with Gasteiger partial charge in [-0.25, -0.2) is 0 Å². The zero-order valence-electron chi connectivity index (χ0n) is 9.49. The smallest absolute Gasteiger partial charge is 0.255 e. The van der Waals surface area contributed by atoms with Gasteiger partial charge in [0, 0.05) is 6.54 Å². The monoisotopic (exact) mass is 219 g/mol. The Morgan fingerprint density at radius 3 is 2.94 bits per heavy atom. The summed E-state index contributed by atoms with van der Waals surface area (Å²) < 4.78 is 0. The van der Waals surface area contributed by atoms with E-state index in [-0.39, 0.29) is 11.7 Å². The molecular weight excluding hydrogens is 202 g/mol. The van der Waals surface area contributed by atoms with Gasteiger partial charge < -0.3 is 10.4 Å². The van der Waals surface area contributed by atoms with Crippen LogP contribution in [-0.2, 0) is 0 Å². The molecule has 1 saturated carbocycles. The number of hydrogen-bond acceptors (Lipinski definition) is 2. The molecule has 3 heteroatoms. The van der Waals surface area contributed by atoms with Crippen LogP contribution in [0.25, 0.3) is 0 Å². The molecule has 1 fully saturated rings. The summed E-state index contributed by atoms with van der Waals surface area (Å²) in [7, 11) is 0. The first-order valence-corrected chi connectivity index (χ1v) is 5.74. The van der Waals surface area contributed by atoms with Gasteiger partial charge in [0.1, 0.15) is 5.75 Å². The lowest BCUT2D eigenvalue weighted by Crippen LogP contribution is -2.24. The van der Waals surface area contributed by atoms with E-state index in [1.54, 1.807) is 18.2 Å². The summed E-state index contributed by atoms with van der Waals surface area (Å²) in [5, 5.41) is 12.4. The number of amides is 1. The first-order valence-electron chi connectivity index (χ1n) is 5.74. The predicted octanol–water partition coefficient (Wildman–Crippen LogP) is 2.23. The molecule has 0 aliphatic heterocycles. The van der Waals surface area contributed by atoms with E-state index in [4.69, 9.17) is 0 Å². The third kappa shape index (κ3) is 2.75. The molecule has 1 aromatic rings. The molecule has 2 N–H and O–H groups in total. The molecule has 1 amide bonds. The minimum atomic E-state index is -0.179. The highest BCUT2D eigenvalue weighted by Crippen LogP contribution is 2.31. The van der Waals surface area contributed by atoms with E-state index in [9.17, 15) is 9.90 Å². The van der Waals surface area contributed by atoms with Gasteiger partial charge in [-0.1, -0.05) is 24.5 Å². The lowest BCUT2D eigenvalue weighted by atomic mass is 10.1. The number of carbonyl (C=O) groups is 1. The van der Waals surface area contributed by atoms with E-state index in [1.165, 1.54) is 12.8 Å². The second-order valence-corrected chi connectivity index (χ2v) is 4.51. The number of aryl methyl sites for hydroxylation is 1. The van der Waals surface area contributed by atoms with Gasteiger partial charge in [0.25, 0.3) is 5.91 Å². The Kier molecular flexibility index (Phi) is 3.13. The Balaban J connectivity index is 1.93. The fourth-order valence-corrected chi connectivity index (χ4v) is 1.72. The SMILES string of the molecule is Cc1ccc(O)c(C(=O)NCCC2CC2)c1. The number of carbonyl (C=O) groups excluding carboxylic acids is 1. The summed E-state index contributed by atoms with van der Waals surface area (Å²) in [6.07, 6.45) is 3.65. The number of benzene rings is 1. The third-order valence-electron chi connectivity index (χ3n) is 2.93. The molecule has 0 atom stereocenters. The van der Waals surface area contributed by atoms with Gasteiger partial charge in [0.2, 0.25) is 0 Å². The van der Waals surface area contributed by atoms with Crippen LogP contribution in [0.2, 0.25) is 0 Å². The van der Waals surface area contributed by atoms with Crippen LogP contribution in [0, 0.1) is 12.8 Å². The maximum absolute atomic E-state index is 11.7. The number of rotatable bonds is 4. The topological polar surface area (TPSA) is 49.3 Å². The molecule has 1 aliphatic rings. The molecule has 0 aromatic heterocycles. The maximum atomic E-state index is 11.7. The Bertz CT molecular complexity index is 397. The zero-order valence-corrected chi connectivity index (χ0v) is 9.49. The van der Waals surface area contributed by atoms with Gasteiger partial charge in [-0.3, -0.25) is 4.79 Å². The van der Waals surface area contributed by atoms with E-state index in [0.29, 0.717) is 12.1 Å². The molecule has 0 heterocycles. The van der Waals surface area contributed by atoms with Gasteiger partial charge in [0.15, 0.2) is 0 Å². The van der Waals surface area contributed by atoms with Crippen LogP contribution in [-0.4, -0.2) is 17.6 Å². The van der Waals surface area contributed by atoms with Gasteiger partial charge in [-0.2, -0.15) is 0 Å². The molecular formula is C13H17NO2. The van der Waals surface area contributed by atoms with Crippen molar-refractivity contribution in [2.45, 2.75) is 26.2 Å². The average molecular weight is 219 g/mol. The van der Waals surface area contributed by atoms with Gasteiger partial charge in [-0.05, 0) is 31.4 Å². The van der Waals surface area contributed by atoms with Crippen LogP contribution in [0.4, 0.5) is 0 Å². The van der Waals surface area contributed by atoms with Crippen molar-refractivity contribution in [3.8, 4) is 5.75 Å². The van der Waals surface area contributed by atoms with E-state index >= 15 is 0 Å². The van der Waals surface area contributed by atoms with Crippen LogP contribution < -0.4 is 5.32 Å². The largest absolute Gasteiger partial charge is 0.507 e. The number of nitrogens with one attached hydrogen (secondary N) is 1. The molecule has 86 valence electrons. The van der Waals surface area contributed by atoms with Crippen molar-refractivity contribution in [1.29, 1.82) is 0 Å². The maximum Gasteiger partial charge on any atom is 0.255 e.